The second-order valence-electron chi connectivity index (χ2n) is 4.67. The molecule has 0 aromatic heterocycles. The molecule has 0 heterocycles. The average Bonchev–Trinajstić information content (AvgIpc) is 2.28. The van der Waals surface area contributed by atoms with Crippen LogP contribution in [0.1, 0.15) is 25.8 Å². The third kappa shape index (κ3) is 5.08. The van der Waals surface area contributed by atoms with Gasteiger partial charge >= 0.3 is 0 Å². The molecule has 4 heteroatoms. The first-order chi connectivity index (χ1) is 8.52. The first kappa shape index (κ1) is 15.0. The molecule has 1 aromatic rings. The largest absolute Gasteiger partial charge is 0.496 e. The van der Waals surface area contributed by atoms with Crippen molar-refractivity contribution in [2.75, 3.05) is 13.7 Å². The van der Waals surface area contributed by atoms with Crippen molar-refractivity contribution in [2.24, 2.45) is 5.92 Å². The van der Waals surface area contributed by atoms with E-state index in [2.05, 4.69) is 35.1 Å². The smallest absolute Gasteiger partial charge is 0.224 e. The Morgan fingerprint density at radius 2 is 2.17 bits per heavy atom. The first-order valence-corrected chi connectivity index (χ1v) is 6.91. The van der Waals surface area contributed by atoms with Gasteiger partial charge in [-0.15, -0.1) is 0 Å². The van der Waals surface area contributed by atoms with E-state index in [-0.39, 0.29) is 5.91 Å². The quantitative estimate of drug-likeness (QED) is 0.876. The van der Waals surface area contributed by atoms with Gasteiger partial charge in [0.05, 0.1) is 13.5 Å². The van der Waals surface area contributed by atoms with Crippen LogP contribution in [0, 0.1) is 5.92 Å². The third-order valence-corrected chi connectivity index (χ3v) is 3.13. The van der Waals surface area contributed by atoms with Gasteiger partial charge in [-0.3, -0.25) is 4.79 Å². The molecule has 0 aliphatic rings. The summed E-state index contributed by atoms with van der Waals surface area (Å²) in [6.07, 6.45) is 1.35. The number of methoxy groups -OCH3 is 1. The molecule has 0 saturated heterocycles. The van der Waals surface area contributed by atoms with Crippen molar-refractivity contribution in [3.05, 3.63) is 28.2 Å². The van der Waals surface area contributed by atoms with Gasteiger partial charge in [0, 0.05) is 16.6 Å². The Balaban J connectivity index is 2.55. The van der Waals surface area contributed by atoms with Gasteiger partial charge in [-0.05, 0) is 30.5 Å². The summed E-state index contributed by atoms with van der Waals surface area (Å²) >= 11 is 3.40. The standard InChI is InChI=1S/C14H20BrNO2/c1-10(2)6-7-16-14(17)9-11-8-12(15)4-5-13(11)18-3/h4-5,8,10H,6-7,9H2,1-3H3,(H,16,17). The Hall–Kier alpha value is -1.03. The molecule has 18 heavy (non-hydrogen) atoms. The SMILES string of the molecule is COc1ccc(Br)cc1CC(=O)NCCC(C)C. The molecule has 1 rings (SSSR count). The lowest BCUT2D eigenvalue weighted by Gasteiger charge is -2.10. The molecule has 1 aromatic carbocycles. The van der Waals surface area contributed by atoms with Gasteiger partial charge in [0.25, 0.3) is 0 Å². The van der Waals surface area contributed by atoms with Crippen LogP contribution in [0.2, 0.25) is 0 Å². The van der Waals surface area contributed by atoms with Gasteiger partial charge in [0.15, 0.2) is 0 Å². The highest BCUT2D eigenvalue weighted by Crippen LogP contribution is 2.23. The van der Waals surface area contributed by atoms with E-state index in [0.717, 1.165) is 28.8 Å². The Kier molecular flexibility index (Phi) is 6.19. The van der Waals surface area contributed by atoms with E-state index in [1.807, 2.05) is 18.2 Å². The minimum Gasteiger partial charge on any atom is -0.496 e. The van der Waals surface area contributed by atoms with Crippen molar-refractivity contribution in [2.45, 2.75) is 26.7 Å². The summed E-state index contributed by atoms with van der Waals surface area (Å²) in [5.74, 6) is 1.38. The van der Waals surface area contributed by atoms with Gasteiger partial charge in [-0.25, -0.2) is 0 Å². The van der Waals surface area contributed by atoms with E-state index >= 15 is 0 Å². The molecule has 0 fully saturated rings. The zero-order chi connectivity index (χ0) is 13.5. The van der Waals surface area contributed by atoms with E-state index in [9.17, 15) is 4.79 Å². The van der Waals surface area contributed by atoms with Gasteiger partial charge in [-0.1, -0.05) is 29.8 Å². The fourth-order valence-corrected chi connectivity index (χ4v) is 2.03. The third-order valence-electron chi connectivity index (χ3n) is 2.64. The monoisotopic (exact) mass is 313 g/mol. The maximum Gasteiger partial charge on any atom is 0.224 e. The number of ether oxygens (including phenoxy) is 1. The lowest BCUT2D eigenvalue weighted by Crippen LogP contribution is -2.27. The number of hydrogen-bond donors (Lipinski definition) is 1. The Morgan fingerprint density at radius 3 is 2.78 bits per heavy atom. The van der Waals surface area contributed by atoms with Crippen LogP contribution in [0.15, 0.2) is 22.7 Å². The maximum atomic E-state index is 11.8. The van der Waals surface area contributed by atoms with Crippen molar-refractivity contribution in [3.63, 3.8) is 0 Å². The fourth-order valence-electron chi connectivity index (χ4n) is 1.62. The number of rotatable bonds is 6. The van der Waals surface area contributed by atoms with Crippen molar-refractivity contribution in [1.29, 1.82) is 0 Å². The van der Waals surface area contributed by atoms with Crippen LogP contribution in [0.25, 0.3) is 0 Å². The predicted molar refractivity (Wildman–Crippen MR) is 76.9 cm³/mol. The Bertz CT molecular complexity index is 405. The molecule has 0 aliphatic heterocycles. The number of amides is 1. The number of benzene rings is 1. The highest BCUT2D eigenvalue weighted by Gasteiger charge is 2.09. The van der Waals surface area contributed by atoms with Gasteiger partial charge in [0.1, 0.15) is 5.75 Å². The molecule has 0 atom stereocenters. The van der Waals surface area contributed by atoms with Crippen molar-refractivity contribution >= 4 is 21.8 Å². The number of halogens is 1. The van der Waals surface area contributed by atoms with Crippen molar-refractivity contribution < 1.29 is 9.53 Å². The molecule has 0 radical (unpaired) electrons. The summed E-state index contributed by atoms with van der Waals surface area (Å²) in [5.41, 5.74) is 0.897. The zero-order valence-electron chi connectivity index (χ0n) is 11.1. The molecular formula is C14H20BrNO2. The minimum atomic E-state index is 0.0343. The molecule has 3 nitrogen and oxygen atoms in total. The maximum absolute atomic E-state index is 11.8. The topological polar surface area (TPSA) is 38.3 Å². The van der Waals surface area contributed by atoms with Crippen LogP contribution in [0.5, 0.6) is 5.75 Å². The summed E-state index contributed by atoms with van der Waals surface area (Å²) in [7, 11) is 1.61. The van der Waals surface area contributed by atoms with E-state index in [1.54, 1.807) is 7.11 Å². The normalized spacial score (nSPS) is 10.5. The van der Waals surface area contributed by atoms with Crippen LogP contribution in [0.4, 0.5) is 0 Å². The number of carbonyl (C=O) groups excluding carboxylic acids is 1. The fraction of sp³-hybridized carbons (Fsp3) is 0.500. The summed E-state index contributed by atoms with van der Waals surface area (Å²) in [5, 5.41) is 2.92. The van der Waals surface area contributed by atoms with E-state index in [4.69, 9.17) is 4.74 Å². The Morgan fingerprint density at radius 1 is 1.44 bits per heavy atom. The van der Waals surface area contributed by atoms with Gasteiger partial charge in [0.2, 0.25) is 5.91 Å². The summed E-state index contributed by atoms with van der Waals surface area (Å²) < 4.78 is 6.20. The predicted octanol–water partition coefficient (Wildman–Crippen LogP) is 3.16. The van der Waals surface area contributed by atoms with Gasteiger partial charge < -0.3 is 10.1 Å². The summed E-state index contributed by atoms with van der Waals surface area (Å²) in [6.45, 7) is 5.01. The lowest BCUT2D eigenvalue weighted by atomic mass is 10.1. The second-order valence-corrected chi connectivity index (χ2v) is 5.58. The number of nitrogens with one attached hydrogen (secondary N) is 1. The second kappa shape index (κ2) is 7.41. The highest BCUT2D eigenvalue weighted by molar-refractivity contribution is 9.10. The van der Waals surface area contributed by atoms with Crippen LogP contribution >= 0.6 is 15.9 Å². The minimum absolute atomic E-state index is 0.0343. The summed E-state index contributed by atoms with van der Waals surface area (Å²) in [6, 6.07) is 5.68. The molecule has 0 unspecified atom stereocenters. The summed E-state index contributed by atoms with van der Waals surface area (Å²) in [4.78, 5) is 11.8. The zero-order valence-corrected chi connectivity index (χ0v) is 12.7. The van der Waals surface area contributed by atoms with Crippen LogP contribution in [-0.4, -0.2) is 19.6 Å². The number of hydrogen-bond acceptors (Lipinski definition) is 2. The van der Waals surface area contributed by atoms with Crippen LogP contribution < -0.4 is 10.1 Å². The van der Waals surface area contributed by atoms with Crippen molar-refractivity contribution in [3.8, 4) is 5.75 Å². The molecule has 0 saturated carbocycles. The highest BCUT2D eigenvalue weighted by atomic mass is 79.9. The molecule has 0 aliphatic carbocycles. The molecule has 0 spiro atoms. The molecule has 1 N–H and O–H groups in total. The molecule has 100 valence electrons. The van der Waals surface area contributed by atoms with E-state index in [0.29, 0.717) is 12.3 Å². The van der Waals surface area contributed by atoms with Crippen molar-refractivity contribution in [1.82, 2.24) is 5.32 Å². The van der Waals surface area contributed by atoms with Crippen LogP contribution in [0.3, 0.4) is 0 Å². The lowest BCUT2D eigenvalue weighted by molar-refractivity contribution is -0.120. The Labute approximate surface area is 117 Å². The molecular weight excluding hydrogens is 294 g/mol. The van der Waals surface area contributed by atoms with Crippen LogP contribution in [-0.2, 0) is 11.2 Å². The van der Waals surface area contributed by atoms with E-state index < -0.39 is 0 Å². The van der Waals surface area contributed by atoms with E-state index in [1.165, 1.54) is 0 Å². The molecule has 1 amide bonds. The first-order valence-electron chi connectivity index (χ1n) is 6.12. The number of carbonyl (C=O) groups is 1. The molecule has 0 bridgehead atoms. The van der Waals surface area contributed by atoms with Gasteiger partial charge in [-0.2, -0.15) is 0 Å². The average molecular weight is 314 g/mol.